The van der Waals surface area contributed by atoms with Gasteiger partial charge in [0.25, 0.3) is 0 Å². The zero-order valence-corrected chi connectivity index (χ0v) is 11.6. The lowest BCUT2D eigenvalue weighted by Gasteiger charge is -2.31. The van der Waals surface area contributed by atoms with E-state index in [-0.39, 0.29) is 9.52 Å². The first-order valence-corrected chi connectivity index (χ1v) is 5.78. The Hall–Kier alpha value is 1.77. The quantitative estimate of drug-likeness (QED) is 0.590. The van der Waals surface area contributed by atoms with Crippen molar-refractivity contribution in [3.05, 3.63) is 9.52 Å². The summed E-state index contributed by atoms with van der Waals surface area (Å²) in [5, 5.41) is -0.189. The summed E-state index contributed by atoms with van der Waals surface area (Å²) < 4.78 is -3.42. The average molecular weight is 325 g/mol. The Labute approximate surface area is 112 Å². The molecule has 0 radical (unpaired) electrons. The third-order valence-electron chi connectivity index (χ3n) is 1.34. The Morgan fingerprint density at radius 3 is 1.62 bits per heavy atom. The fourth-order valence-electron chi connectivity index (χ4n) is 0.501. The lowest BCUT2D eigenvalue weighted by Crippen LogP contribution is -2.36. The molecule has 0 aliphatic heterocycles. The molecule has 0 saturated heterocycles. The van der Waals surface area contributed by atoms with Gasteiger partial charge in [-0.3, -0.25) is 0 Å². The summed E-state index contributed by atoms with van der Waals surface area (Å²) in [7, 11) is 0. The molecular weight excluding hydrogens is 320 g/mol. The Balaban J connectivity index is 5.09. The lowest BCUT2D eigenvalue weighted by molar-refractivity contribution is 0.711. The highest BCUT2D eigenvalue weighted by Gasteiger charge is 2.49. The first-order valence-electron chi connectivity index (χ1n) is 3.13. The molecular formula is C6H5Cl7. The molecule has 0 atom stereocenters. The van der Waals surface area contributed by atoms with Gasteiger partial charge >= 0.3 is 0 Å². The Morgan fingerprint density at radius 1 is 1.00 bits per heavy atom. The van der Waals surface area contributed by atoms with Crippen molar-refractivity contribution in [2.45, 2.75) is 22.0 Å². The summed E-state index contributed by atoms with van der Waals surface area (Å²) in [5.41, 5.74) is 0. The van der Waals surface area contributed by atoms with Crippen LogP contribution in [0.2, 0.25) is 0 Å². The van der Waals surface area contributed by atoms with Gasteiger partial charge in [0.15, 0.2) is 8.67 Å². The Morgan fingerprint density at radius 2 is 1.38 bits per heavy atom. The van der Waals surface area contributed by atoms with Crippen molar-refractivity contribution in [1.82, 2.24) is 0 Å². The molecule has 0 nitrogen and oxygen atoms in total. The molecule has 0 aromatic carbocycles. The van der Waals surface area contributed by atoms with Crippen LogP contribution in [-0.2, 0) is 0 Å². The summed E-state index contributed by atoms with van der Waals surface area (Å²) in [5.74, 6) is 0. The van der Waals surface area contributed by atoms with Crippen LogP contribution in [0.5, 0.6) is 0 Å². The number of rotatable bonds is 3. The monoisotopic (exact) mass is 322 g/mol. The third kappa shape index (κ3) is 3.38. The summed E-state index contributed by atoms with van der Waals surface area (Å²) in [6, 6.07) is 0. The van der Waals surface area contributed by atoms with Crippen LogP contribution in [0.3, 0.4) is 0 Å². The zero-order valence-electron chi connectivity index (χ0n) is 6.35. The molecule has 0 aromatic rings. The van der Waals surface area contributed by atoms with Crippen LogP contribution in [0.15, 0.2) is 9.52 Å². The van der Waals surface area contributed by atoms with Crippen molar-refractivity contribution >= 4 is 81.2 Å². The van der Waals surface area contributed by atoms with Crippen LogP contribution in [-0.4, -0.2) is 8.67 Å². The van der Waals surface area contributed by atoms with E-state index < -0.39 is 8.67 Å². The van der Waals surface area contributed by atoms with E-state index in [1.807, 2.05) is 0 Å². The second-order valence-electron chi connectivity index (χ2n) is 2.21. The van der Waals surface area contributed by atoms with E-state index in [0.717, 1.165) is 0 Å². The van der Waals surface area contributed by atoms with E-state index in [0.29, 0.717) is 6.42 Å². The van der Waals surface area contributed by atoms with Gasteiger partial charge in [0.1, 0.15) is 4.49 Å². The minimum Gasteiger partial charge on any atom is -0.0979 e. The number of hydrogen-bond acceptors (Lipinski definition) is 0. The first-order chi connectivity index (χ1) is 5.66. The third-order valence-corrected chi connectivity index (χ3v) is 5.09. The molecule has 0 bridgehead atoms. The van der Waals surface area contributed by atoms with E-state index in [4.69, 9.17) is 81.2 Å². The van der Waals surface area contributed by atoms with Crippen molar-refractivity contribution in [2.75, 3.05) is 0 Å². The van der Waals surface area contributed by atoms with Crippen LogP contribution >= 0.6 is 81.2 Å². The van der Waals surface area contributed by atoms with Gasteiger partial charge in [-0.2, -0.15) is 0 Å². The molecule has 78 valence electrons. The molecule has 0 unspecified atom stereocenters. The molecule has 0 aliphatic carbocycles. The fourth-order valence-corrected chi connectivity index (χ4v) is 1.88. The standard InChI is InChI=1S/C6H5Cl7/c1-2-5(10,11)6(12,13)3(7)4(8)9/h2H2,1H3. The zero-order chi connectivity index (χ0) is 10.9. The second kappa shape index (κ2) is 5.21. The molecule has 0 aromatic heterocycles. The van der Waals surface area contributed by atoms with E-state index in [2.05, 4.69) is 0 Å². The molecule has 0 N–H and O–H groups in total. The molecule has 0 fully saturated rings. The van der Waals surface area contributed by atoms with Crippen molar-refractivity contribution in [1.29, 1.82) is 0 Å². The summed E-state index contributed by atoms with van der Waals surface area (Å²) in [6.07, 6.45) is 0.292. The molecule has 0 heterocycles. The van der Waals surface area contributed by atoms with Gasteiger partial charge in [-0.25, -0.2) is 0 Å². The number of allylic oxidation sites excluding steroid dienone is 1. The molecule has 0 saturated carbocycles. The van der Waals surface area contributed by atoms with Crippen LogP contribution in [0.4, 0.5) is 0 Å². The van der Waals surface area contributed by atoms with E-state index in [1.54, 1.807) is 6.92 Å². The van der Waals surface area contributed by atoms with Crippen molar-refractivity contribution in [3.63, 3.8) is 0 Å². The van der Waals surface area contributed by atoms with E-state index in [9.17, 15) is 0 Å². The number of halogens is 7. The largest absolute Gasteiger partial charge is 0.188 e. The molecule has 7 heteroatoms. The minimum absolute atomic E-state index is 0.189. The topological polar surface area (TPSA) is 0 Å². The van der Waals surface area contributed by atoms with Gasteiger partial charge in [0.2, 0.25) is 0 Å². The predicted octanol–water partition coefficient (Wildman–Crippen LogP) is 5.63. The van der Waals surface area contributed by atoms with Crippen LogP contribution < -0.4 is 0 Å². The highest BCUT2D eigenvalue weighted by atomic mass is 35.5. The molecule has 0 aliphatic rings. The summed E-state index contributed by atoms with van der Waals surface area (Å²) in [4.78, 5) is 0. The molecule has 0 spiro atoms. The predicted molar refractivity (Wildman–Crippen MR) is 63.8 cm³/mol. The smallest absolute Gasteiger partial charge is 0.0979 e. The Kier molecular flexibility index (Phi) is 5.91. The normalized spacial score (nSPS) is 12.9. The van der Waals surface area contributed by atoms with Crippen molar-refractivity contribution < 1.29 is 0 Å². The number of alkyl halides is 4. The van der Waals surface area contributed by atoms with Gasteiger partial charge < -0.3 is 0 Å². The van der Waals surface area contributed by atoms with Gasteiger partial charge in [-0.15, -0.1) is 0 Å². The highest BCUT2D eigenvalue weighted by Crippen LogP contribution is 2.52. The van der Waals surface area contributed by atoms with E-state index in [1.165, 1.54) is 0 Å². The summed E-state index contributed by atoms with van der Waals surface area (Å²) in [6.45, 7) is 1.70. The van der Waals surface area contributed by atoms with Crippen LogP contribution in [0, 0.1) is 0 Å². The fraction of sp³-hybridized carbons (Fsp3) is 0.667. The molecule has 0 rings (SSSR count). The van der Waals surface area contributed by atoms with Crippen LogP contribution in [0.1, 0.15) is 13.3 Å². The van der Waals surface area contributed by atoms with Gasteiger partial charge in [0.05, 0.1) is 5.03 Å². The maximum atomic E-state index is 5.82. The van der Waals surface area contributed by atoms with Crippen LogP contribution in [0.25, 0.3) is 0 Å². The molecule has 13 heavy (non-hydrogen) atoms. The van der Waals surface area contributed by atoms with Gasteiger partial charge in [-0.05, 0) is 6.42 Å². The molecule has 0 amide bonds. The maximum absolute atomic E-state index is 5.82. The Bertz CT molecular complexity index is 213. The second-order valence-corrected chi connectivity index (χ2v) is 6.35. The SMILES string of the molecule is CCC(Cl)(Cl)C(Cl)(Cl)C(Cl)=C(Cl)Cl. The highest BCUT2D eigenvalue weighted by molar-refractivity contribution is 6.69. The number of hydrogen-bond donors (Lipinski definition) is 0. The average Bonchev–Trinajstić information content (AvgIpc) is 2.02. The van der Waals surface area contributed by atoms with Gasteiger partial charge in [0, 0.05) is 0 Å². The van der Waals surface area contributed by atoms with Crippen molar-refractivity contribution in [2.24, 2.45) is 0 Å². The lowest BCUT2D eigenvalue weighted by atomic mass is 10.2. The minimum atomic E-state index is -1.72. The maximum Gasteiger partial charge on any atom is 0.188 e. The first kappa shape index (κ1) is 14.8. The van der Waals surface area contributed by atoms with Crippen molar-refractivity contribution in [3.8, 4) is 0 Å². The summed E-state index contributed by atoms with van der Waals surface area (Å²) >= 11 is 39.7. The van der Waals surface area contributed by atoms with E-state index >= 15 is 0 Å². The van der Waals surface area contributed by atoms with Gasteiger partial charge in [-0.1, -0.05) is 88.1 Å².